The van der Waals surface area contributed by atoms with Crippen molar-refractivity contribution in [1.82, 2.24) is 0 Å². The number of carbonyl (C=O) groups is 2. The van der Waals surface area contributed by atoms with E-state index in [4.69, 9.17) is 9.47 Å². The lowest BCUT2D eigenvalue weighted by Gasteiger charge is -2.09. The van der Waals surface area contributed by atoms with Gasteiger partial charge in [0.05, 0.1) is 23.6 Å². The summed E-state index contributed by atoms with van der Waals surface area (Å²) in [5, 5.41) is 0. The second kappa shape index (κ2) is 7.26. The van der Waals surface area contributed by atoms with Crippen LogP contribution in [0.2, 0.25) is 0 Å². The third-order valence-electron chi connectivity index (χ3n) is 2.63. The molecule has 22 heavy (non-hydrogen) atoms. The Balaban J connectivity index is 2.25. The Labute approximate surface area is 147 Å². The summed E-state index contributed by atoms with van der Waals surface area (Å²) >= 11 is 7.88. The molecule has 0 unspecified atom stereocenters. The van der Waals surface area contributed by atoms with Gasteiger partial charge in [-0.15, -0.1) is 11.3 Å². The minimum Gasteiger partial charge on any atom is -0.493 e. The molecule has 0 radical (unpaired) electrons. The van der Waals surface area contributed by atoms with Crippen LogP contribution >= 0.6 is 43.2 Å². The van der Waals surface area contributed by atoms with Crippen molar-refractivity contribution in [2.45, 2.75) is 0 Å². The Morgan fingerprint density at radius 3 is 2.32 bits per heavy atom. The van der Waals surface area contributed by atoms with E-state index in [1.54, 1.807) is 6.07 Å². The first kappa shape index (κ1) is 17.0. The summed E-state index contributed by atoms with van der Waals surface area (Å²) in [4.78, 5) is 24.0. The Bertz CT molecular complexity index is 707. The van der Waals surface area contributed by atoms with E-state index in [2.05, 4.69) is 36.6 Å². The molecular formula is C14H10Br2O5S. The smallest absolute Gasteiger partial charge is 0.353 e. The van der Waals surface area contributed by atoms with Crippen molar-refractivity contribution in [2.75, 3.05) is 14.2 Å². The van der Waals surface area contributed by atoms with Crippen LogP contribution in [0.5, 0.6) is 11.5 Å². The van der Waals surface area contributed by atoms with Gasteiger partial charge in [-0.05, 0) is 56.1 Å². The molecule has 1 heterocycles. The molecule has 116 valence electrons. The van der Waals surface area contributed by atoms with Crippen molar-refractivity contribution in [1.29, 1.82) is 0 Å². The van der Waals surface area contributed by atoms with Crippen molar-refractivity contribution >= 4 is 55.1 Å². The second-order valence-corrected chi connectivity index (χ2v) is 7.20. The van der Waals surface area contributed by atoms with Crippen molar-refractivity contribution in [3.05, 3.63) is 43.0 Å². The highest BCUT2D eigenvalue weighted by Crippen LogP contribution is 2.34. The molecule has 0 spiro atoms. The van der Waals surface area contributed by atoms with Crippen LogP contribution in [-0.2, 0) is 4.74 Å². The lowest BCUT2D eigenvalue weighted by atomic mass is 10.2. The molecule has 5 nitrogen and oxygen atoms in total. The minimum absolute atomic E-state index is 0.223. The standard InChI is InChI=1S/C14H10Br2O5S/c1-19-10-5-7(13(17)20-2)3-4-9(10)21-14(18)11-6-8(15)12(16)22-11/h3-6H,1-2H3. The normalized spacial score (nSPS) is 10.2. The summed E-state index contributed by atoms with van der Waals surface area (Å²) in [6, 6.07) is 6.10. The monoisotopic (exact) mass is 448 g/mol. The zero-order valence-electron chi connectivity index (χ0n) is 11.5. The van der Waals surface area contributed by atoms with Crippen LogP contribution in [0.25, 0.3) is 0 Å². The van der Waals surface area contributed by atoms with Gasteiger partial charge in [0, 0.05) is 4.47 Å². The summed E-state index contributed by atoms with van der Waals surface area (Å²) in [6.07, 6.45) is 0. The van der Waals surface area contributed by atoms with Crippen LogP contribution in [0.1, 0.15) is 20.0 Å². The minimum atomic E-state index is -0.513. The molecule has 1 aromatic carbocycles. The maximum absolute atomic E-state index is 12.1. The van der Waals surface area contributed by atoms with E-state index in [1.807, 2.05) is 0 Å². The van der Waals surface area contributed by atoms with E-state index in [9.17, 15) is 9.59 Å². The number of hydrogen-bond donors (Lipinski definition) is 0. The van der Waals surface area contributed by atoms with Gasteiger partial charge in [-0.1, -0.05) is 0 Å². The molecule has 0 saturated heterocycles. The molecule has 2 aromatic rings. The second-order valence-electron chi connectivity index (χ2n) is 3.98. The van der Waals surface area contributed by atoms with Crippen molar-refractivity contribution in [3.8, 4) is 11.5 Å². The Morgan fingerprint density at radius 1 is 1.05 bits per heavy atom. The average Bonchev–Trinajstić information content (AvgIpc) is 2.86. The van der Waals surface area contributed by atoms with Gasteiger partial charge in [-0.25, -0.2) is 9.59 Å². The maximum atomic E-state index is 12.1. The third-order valence-corrected chi connectivity index (χ3v) is 5.87. The predicted molar refractivity (Wildman–Crippen MR) is 89.0 cm³/mol. The summed E-state index contributed by atoms with van der Waals surface area (Å²) in [6.45, 7) is 0. The van der Waals surface area contributed by atoms with Gasteiger partial charge < -0.3 is 14.2 Å². The molecule has 0 atom stereocenters. The Morgan fingerprint density at radius 2 is 1.77 bits per heavy atom. The molecule has 0 aliphatic heterocycles. The molecule has 0 N–H and O–H groups in total. The van der Waals surface area contributed by atoms with Crippen molar-refractivity contribution in [3.63, 3.8) is 0 Å². The molecule has 1 aromatic heterocycles. The van der Waals surface area contributed by atoms with Gasteiger partial charge in [0.1, 0.15) is 4.88 Å². The summed E-state index contributed by atoms with van der Waals surface area (Å²) in [5.41, 5.74) is 0.306. The molecule has 0 fully saturated rings. The number of carbonyl (C=O) groups excluding carboxylic acids is 2. The number of benzene rings is 1. The SMILES string of the molecule is COC(=O)c1ccc(OC(=O)c2cc(Br)c(Br)s2)c(OC)c1. The fraction of sp³-hybridized carbons (Fsp3) is 0.143. The first-order valence-corrected chi connectivity index (χ1v) is 8.30. The topological polar surface area (TPSA) is 61.8 Å². The summed E-state index contributed by atoms with van der Waals surface area (Å²) < 4.78 is 16.7. The van der Waals surface area contributed by atoms with Crippen LogP contribution in [0.4, 0.5) is 0 Å². The third kappa shape index (κ3) is 3.68. The Kier molecular flexibility index (Phi) is 5.60. The van der Waals surface area contributed by atoms with Crippen LogP contribution in [0, 0.1) is 0 Å². The van der Waals surface area contributed by atoms with Gasteiger partial charge in [-0.3, -0.25) is 0 Å². The average molecular weight is 450 g/mol. The number of rotatable bonds is 4. The number of hydrogen-bond acceptors (Lipinski definition) is 6. The van der Waals surface area contributed by atoms with Crippen LogP contribution in [0.15, 0.2) is 32.5 Å². The molecule has 0 saturated carbocycles. The van der Waals surface area contributed by atoms with E-state index in [-0.39, 0.29) is 11.5 Å². The number of halogens is 2. The van der Waals surface area contributed by atoms with E-state index >= 15 is 0 Å². The number of thiophene rings is 1. The zero-order chi connectivity index (χ0) is 16.3. The van der Waals surface area contributed by atoms with Gasteiger partial charge in [-0.2, -0.15) is 0 Å². The maximum Gasteiger partial charge on any atom is 0.353 e. The largest absolute Gasteiger partial charge is 0.493 e. The quantitative estimate of drug-likeness (QED) is 0.514. The molecule has 0 aliphatic rings. The van der Waals surface area contributed by atoms with Gasteiger partial charge in [0.15, 0.2) is 11.5 Å². The van der Waals surface area contributed by atoms with Crippen molar-refractivity contribution in [2.24, 2.45) is 0 Å². The Hall–Kier alpha value is -1.38. The fourth-order valence-electron chi connectivity index (χ4n) is 1.59. The van der Waals surface area contributed by atoms with Gasteiger partial charge in [0.2, 0.25) is 0 Å². The highest BCUT2D eigenvalue weighted by molar-refractivity contribution is 9.13. The van der Waals surface area contributed by atoms with E-state index in [0.717, 1.165) is 8.26 Å². The predicted octanol–water partition coefficient (Wildman–Crippen LogP) is 4.29. The molecular weight excluding hydrogens is 440 g/mol. The molecule has 0 bridgehead atoms. The van der Waals surface area contributed by atoms with Crippen LogP contribution < -0.4 is 9.47 Å². The summed E-state index contributed by atoms with van der Waals surface area (Å²) in [7, 11) is 2.71. The lowest BCUT2D eigenvalue weighted by Crippen LogP contribution is -2.08. The molecule has 0 amide bonds. The zero-order valence-corrected chi connectivity index (χ0v) is 15.5. The van der Waals surface area contributed by atoms with E-state index in [1.165, 1.54) is 43.8 Å². The van der Waals surface area contributed by atoms with Gasteiger partial charge >= 0.3 is 11.9 Å². The van der Waals surface area contributed by atoms with Crippen molar-refractivity contribution < 1.29 is 23.8 Å². The van der Waals surface area contributed by atoms with E-state index in [0.29, 0.717) is 10.4 Å². The molecule has 8 heteroatoms. The highest BCUT2D eigenvalue weighted by atomic mass is 79.9. The van der Waals surface area contributed by atoms with Crippen LogP contribution in [0.3, 0.4) is 0 Å². The first-order valence-electron chi connectivity index (χ1n) is 5.89. The lowest BCUT2D eigenvalue weighted by molar-refractivity contribution is 0.0600. The summed E-state index contributed by atoms with van der Waals surface area (Å²) in [5.74, 6) is -0.519. The number of methoxy groups -OCH3 is 2. The van der Waals surface area contributed by atoms with E-state index < -0.39 is 11.9 Å². The van der Waals surface area contributed by atoms with Crippen LogP contribution in [-0.4, -0.2) is 26.2 Å². The highest BCUT2D eigenvalue weighted by Gasteiger charge is 2.18. The molecule has 2 rings (SSSR count). The van der Waals surface area contributed by atoms with Gasteiger partial charge in [0.25, 0.3) is 0 Å². The number of ether oxygens (including phenoxy) is 3. The fourth-order valence-corrected chi connectivity index (χ4v) is 3.51. The molecule has 0 aliphatic carbocycles. The number of esters is 2. The first-order chi connectivity index (χ1) is 10.5.